The minimum absolute atomic E-state index is 0.0273. The highest BCUT2D eigenvalue weighted by Gasteiger charge is 2.65. The summed E-state index contributed by atoms with van der Waals surface area (Å²) in [5.41, 5.74) is 0.179. The van der Waals surface area contributed by atoms with E-state index in [1.165, 1.54) is 12.1 Å². The van der Waals surface area contributed by atoms with Gasteiger partial charge in [0.1, 0.15) is 5.75 Å². The SMILES string of the molecule is O=C(C=Cc1ccc2c(c1)OC(F)(F)C(F)(F)O2)c1ccc(OC(F)(F)F)cc1. The summed E-state index contributed by atoms with van der Waals surface area (Å²) in [6.07, 6.45) is -12.4. The van der Waals surface area contributed by atoms with Gasteiger partial charge in [0.25, 0.3) is 0 Å². The van der Waals surface area contributed by atoms with Crippen molar-refractivity contribution in [2.24, 2.45) is 0 Å². The van der Waals surface area contributed by atoms with E-state index < -0.39 is 41.6 Å². The van der Waals surface area contributed by atoms with Crippen LogP contribution in [0.1, 0.15) is 15.9 Å². The number of hydrogen-bond donors (Lipinski definition) is 0. The molecule has 0 N–H and O–H groups in total. The van der Waals surface area contributed by atoms with Crippen LogP contribution in [0.2, 0.25) is 0 Å². The van der Waals surface area contributed by atoms with Crippen molar-refractivity contribution in [3.8, 4) is 17.2 Å². The summed E-state index contributed by atoms with van der Waals surface area (Å²) in [6.45, 7) is 0. The molecule has 0 spiro atoms. The van der Waals surface area contributed by atoms with Crippen LogP contribution in [0.15, 0.2) is 48.5 Å². The fourth-order valence-corrected chi connectivity index (χ4v) is 2.28. The van der Waals surface area contributed by atoms with E-state index in [2.05, 4.69) is 14.2 Å². The van der Waals surface area contributed by atoms with Crippen LogP contribution < -0.4 is 14.2 Å². The van der Waals surface area contributed by atoms with Gasteiger partial charge in [-0.2, -0.15) is 17.6 Å². The molecule has 0 saturated carbocycles. The lowest BCUT2D eigenvalue weighted by Gasteiger charge is -2.31. The quantitative estimate of drug-likeness (QED) is 0.374. The first-order valence-corrected chi connectivity index (χ1v) is 7.72. The highest BCUT2D eigenvalue weighted by Crippen LogP contribution is 2.47. The van der Waals surface area contributed by atoms with Crippen LogP contribution in [0.3, 0.4) is 0 Å². The highest BCUT2D eigenvalue weighted by atomic mass is 19.4. The number of ketones is 1. The van der Waals surface area contributed by atoms with Crippen molar-refractivity contribution in [3.63, 3.8) is 0 Å². The number of carbonyl (C=O) groups excluding carboxylic acids is 1. The zero-order valence-electron chi connectivity index (χ0n) is 14.0. The van der Waals surface area contributed by atoms with E-state index in [1.807, 2.05) is 0 Å². The first-order chi connectivity index (χ1) is 13.4. The Morgan fingerprint density at radius 3 is 2.07 bits per heavy atom. The Bertz CT molecular complexity index is 950. The minimum atomic E-state index is -4.88. The third-order valence-electron chi connectivity index (χ3n) is 3.58. The Kier molecular flexibility index (Phi) is 4.93. The van der Waals surface area contributed by atoms with Gasteiger partial charge in [0.15, 0.2) is 17.3 Å². The van der Waals surface area contributed by atoms with E-state index in [0.29, 0.717) is 0 Å². The van der Waals surface area contributed by atoms with Crippen molar-refractivity contribution in [2.45, 2.75) is 18.6 Å². The molecule has 0 aliphatic carbocycles. The van der Waals surface area contributed by atoms with Gasteiger partial charge < -0.3 is 14.2 Å². The Morgan fingerprint density at radius 2 is 1.48 bits per heavy atom. The number of alkyl halides is 7. The molecule has 0 radical (unpaired) electrons. The number of carbonyl (C=O) groups is 1. The molecule has 0 aromatic heterocycles. The fourth-order valence-electron chi connectivity index (χ4n) is 2.28. The lowest BCUT2D eigenvalue weighted by molar-refractivity contribution is -0.391. The lowest BCUT2D eigenvalue weighted by atomic mass is 10.1. The average Bonchev–Trinajstić information content (AvgIpc) is 2.59. The number of halogens is 7. The molecule has 0 bridgehead atoms. The number of hydrogen-bond acceptors (Lipinski definition) is 4. The van der Waals surface area contributed by atoms with Crippen LogP contribution in [-0.2, 0) is 0 Å². The second-order valence-electron chi connectivity index (χ2n) is 5.71. The van der Waals surface area contributed by atoms with Crippen molar-refractivity contribution < 1.29 is 49.7 Å². The molecule has 1 aliphatic heterocycles. The van der Waals surface area contributed by atoms with Crippen LogP contribution in [0.5, 0.6) is 17.2 Å². The van der Waals surface area contributed by atoms with Gasteiger partial charge in [0, 0.05) is 5.56 Å². The number of ether oxygens (including phenoxy) is 3. The van der Waals surface area contributed by atoms with Gasteiger partial charge in [-0.1, -0.05) is 12.1 Å². The molecule has 0 amide bonds. The standard InChI is InChI=1S/C18H9F7O4/c19-16(20)17(21,22)29-15-9-10(2-8-14(15)28-16)1-7-13(26)11-3-5-12(6-4-11)27-18(23,24)25/h1-9H. The lowest BCUT2D eigenvalue weighted by Crippen LogP contribution is -2.52. The van der Waals surface area contributed by atoms with Crippen LogP contribution >= 0.6 is 0 Å². The van der Waals surface area contributed by atoms with E-state index in [4.69, 9.17) is 0 Å². The summed E-state index contributed by atoms with van der Waals surface area (Å²) >= 11 is 0. The predicted molar refractivity (Wildman–Crippen MR) is 84.1 cm³/mol. The molecule has 4 nitrogen and oxygen atoms in total. The maximum absolute atomic E-state index is 13.2. The summed E-state index contributed by atoms with van der Waals surface area (Å²) in [5, 5.41) is 0. The number of allylic oxidation sites excluding steroid dienone is 1. The fraction of sp³-hybridized carbons (Fsp3) is 0.167. The first kappa shape index (κ1) is 20.5. The second kappa shape index (κ2) is 6.98. The second-order valence-corrected chi connectivity index (χ2v) is 5.71. The number of fused-ring (bicyclic) bond motifs is 1. The predicted octanol–water partition coefficient (Wildman–Crippen LogP) is 5.44. The van der Waals surface area contributed by atoms with Crippen molar-refractivity contribution >= 4 is 11.9 Å². The van der Waals surface area contributed by atoms with Gasteiger partial charge in [-0.25, -0.2) is 0 Å². The minimum Gasteiger partial charge on any atom is -0.421 e. The number of rotatable bonds is 4. The van der Waals surface area contributed by atoms with Crippen LogP contribution in [0.25, 0.3) is 6.08 Å². The van der Waals surface area contributed by atoms with Crippen LogP contribution in [-0.4, -0.2) is 24.4 Å². The zero-order valence-corrected chi connectivity index (χ0v) is 14.0. The Balaban J connectivity index is 1.73. The van der Waals surface area contributed by atoms with Gasteiger partial charge in [0.2, 0.25) is 0 Å². The highest BCUT2D eigenvalue weighted by molar-refractivity contribution is 6.06. The summed E-state index contributed by atoms with van der Waals surface area (Å²) in [5.74, 6) is -2.38. The molecular formula is C18H9F7O4. The van der Waals surface area contributed by atoms with Crippen molar-refractivity contribution in [3.05, 3.63) is 59.7 Å². The van der Waals surface area contributed by atoms with Gasteiger partial charge in [-0.3, -0.25) is 4.79 Å². The van der Waals surface area contributed by atoms with Gasteiger partial charge in [-0.15, -0.1) is 13.2 Å². The Hall–Kier alpha value is -3.24. The third kappa shape index (κ3) is 4.61. The Morgan fingerprint density at radius 1 is 0.897 bits per heavy atom. The number of benzene rings is 2. The summed E-state index contributed by atoms with van der Waals surface area (Å²) < 4.78 is 101. The molecular weight excluding hydrogens is 413 g/mol. The molecule has 0 unspecified atom stereocenters. The van der Waals surface area contributed by atoms with E-state index in [-0.39, 0.29) is 11.1 Å². The van der Waals surface area contributed by atoms with E-state index in [9.17, 15) is 35.5 Å². The molecule has 0 saturated heterocycles. The average molecular weight is 422 g/mol. The molecule has 0 atom stereocenters. The van der Waals surface area contributed by atoms with Gasteiger partial charge >= 0.3 is 18.6 Å². The summed E-state index contributed by atoms with van der Waals surface area (Å²) in [4.78, 5) is 12.1. The smallest absolute Gasteiger partial charge is 0.421 e. The van der Waals surface area contributed by atoms with E-state index >= 15 is 0 Å². The van der Waals surface area contributed by atoms with Crippen molar-refractivity contribution in [1.82, 2.24) is 0 Å². The van der Waals surface area contributed by atoms with Gasteiger partial charge in [-0.05, 0) is 48.0 Å². The van der Waals surface area contributed by atoms with E-state index in [1.54, 1.807) is 0 Å². The molecule has 1 heterocycles. The third-order valence-corrected chi connectivity index (χ3v) is 3.58. The van der Waals surface area contributed by atoms with Crippen molar-refractivity contribution in [2.75, 3.05) is 0 Å². The first-order valence-electron chi connectivity index (χ1n) is 7.72. The summed E-state index contributed by atoms with van der Waals surface area (Å²) in [7, 11) is 0. The van der Waals surface area contributed by atoms with E-state index in [0.717, 1.165) is 42.5 Å². The van der Waals surface area contributed by atoms with Crippen molar-refractivity contribution in [1.29, 1.82) is 0 Å². The maximum Gasteiger partial charge on any atom is 0.573 e. The molecule has 2 aromatic carbocycles. The molecule has 29 heavy (non-hydrogen) atoms. The largest absolute Gasteiger partial charge is 0.573 e. The normalized spacial score (nSPS) is 17.2. The molecule has 3 rings (SSSR count). The Labute approximate surface area is 158 Å². The zero-order chi connectivity index (χ0) is 21.4. The van der Waals surface area contributed by atoms with Gasteiger partial charge in [0.05, 0.1) is 0 Å². The molecule has 154 valence electrons. The molecule has 1 aliphatic rings. The molecule has 0 fully saturated rings. The topological polar surface area (TPSA) is 44.8 Å². The maximum atomic E-state index is 13.2. The molecule has 2 aromatic rings. The monoisotopic (exact) mass is 422 g/mol. The van der Waals surface area contributed by atoms with Crippen LogP contribution in [0.4, 0.5) is 30.7 Å². The summed E-state index contributed by atoms with van der Waals surface area (Å²) in [6, 6.07) is 7.22. The van der Waals surface area contributed by atoms with Crippen LogP contribution in [0, 0.1) is 0 Å². The molecule has 11 heteroatoms.